The van der Waals surface area contributed by atoms with E-state index in [1.165, 1.54) is 0 Å². The Hall–Kier alpha value is -1.33. The van der Waals surface area contributed by atoms with Crippen molar-refractivity contribution in [1.29, 1.82) is 0 Å². The van der Waals surface area contributed by atoms with Gasteiger partial charge in [-0.25, -0.2) is 0 Å². The number of carbonyl (C=O) groups excluding carboxylic acids is 1. The molecule has 0 fully saturated rings. The summed E-state index contributed by atoms with van der Waals surface area (Å²) in [6.45, 7) is 5.69. The molecule has 102 valence electrons. The van der Waals surface area contributed by atoms with Crippen molar-refractivity contribution in [3.05, 3.63) is 33.2 Å². The van der Waals surface area contributed by atoms with Crippen LogP contribution >= 0.6 is 12.4 Å². The van der Waals surface area contributed by atoms with Gasteiger partial charge in [0.05, 0.1) is 0 Å². The standard InChI is InChI=1S/C12H19N3O2.ClH/c1-7-4-9(3)15-12(17)10(7)6-14-11(16)5-8(2)13;/h4,8H,5-6,13H2,1-3H3,(H,14,16)(H,15,17);1H. The minimum Gasteiger partial charge on any atom is -0.352 e. The Morgan fingerprint density at radius 1 is 1.50 bits per heavy atom. The van der Waals surface area contributed by atoms with Crippen molar-refractivity contribution in [2.24, 2.45) is 5.73 Å². The fourth-order valence-corrected chi connectivity index (χ4v) is 1.65. The zero-order chi connectivity index (χ0) is 13.0. The highest BCUT2D eigenvalue weighted by atomic mass is 35.5. The van der Waals surface area contributed by atoms with Crippen LogP contribution < -0.4 is 16.6 Å². The maximum absolute atomic E-state index is 11.7. The predicted octanol–water partition coefficient (Wildman–Crippen LogP) is 0.767. The van der Waals surface area contributed by atoms with Crippen molar-refractivity contribution in [1.82, 2.24) is 10.3 Å². The van der Waals surface area contributed by atoms with Gasteiger partial charge in [0.1, 0.15) is 0 Å². The number of hydrogen-bond acceptors (Lipinski definition) is 3. The number of aromatic amines is 1. The molecular weight excluding hydrogens is 254 g/mol. The second-order valence-corrected chi connectivity index (χ2v) is 4.40. The van der Waals surface area contributed by atoms with Crippen LogP contribution in [0.15, 0.2) is 10.9 Å². The molecule has 0 radical (unpaired) electrons. The Morgan fingerprint density at radius 2 is 2.11 bits per heavy atom. The first-order chi connectivity index (χ1) is 7.90. The topological polar surface area (TPSA) is 88.0 Å². The fraction of sp³-hybridized carbons (Fsp3) is 0.500. The van der Waals surface area contributed by atoms with Crippen molar-refractivity contribution in [2.75, 3.05) is 0 Å². The molecule has 0 aliphatic carbocycles. The summed E-state index contributed by atoms with van der Waals surface area (Å²) in [7, 11) is 0. The lowest BCUT2D eigenvalue weighted by molar-refractivity contribution is -0.121. The summed E-state index contributed by atoms with van der Waals surface area (Å²) < 4.78 is 0. The number of rotatable bonds is 4. The van der Waals surface area contributed by atoms with Crippen LogP contribution in [0.1, 0.15) is 30.2 Å². The van der Waals surface area contributed by atoms with E-state index in [0.717, 1.165) is 11.3 Å². The predicted molar refractivity (Wildman–Crippen MR) is 73.9 cm³/mol. The second kappa shape index (κ2) is 7.18. The summed E-state index contributed by atoms with van der Waals surface area (Å²) in [5.41, 5.74) is 7.65. The van der Waals surface area contributed by atoms with E-state index in [4.69, 9.17) is 5.73 Å². The lowest BCUT2D eigenvalue weighted by Gasteiger charge is -2.09. The smallest absolute Gasteiger partial charge is 0.253 e. The summed E-state index contributed by atoms with van der Waals surface area (Å²) in [5.74, 6) is -0.139. The van der Waals surface area contributed by atoms with E-state index < -0.39 is 0 Å². The minimum absolute atomic E-state index is 0. The molecule has 1 atom stereocenters. The van der Waals surface area contributed by atoms with E-state index in [-0.39, 0.29) is 42.9 Å². The number of pyridine rings is 1. The van der Waals surface area contributed by atoms with Crippen LogP contribution in [0.5, 0.6) is 0 Å². The van der Waals surface area contributed by atoms with Gasteiger partial charge < -0.3 is 16.0 Å². The van der Waals surface area contributed by atoms with E-state index in [1.54, 1.807) is 6.92 Å². The molecule has 18 heavy (non-hydrogen) atoms. The molecule has 4 N–H and O–H groups in total. The number of hydrogen-bond donors (Lipinski definition) is 3. The summed E-state index contributed by atoms with van der Waals surface area (Å²) in [4.78, 5) is 25.8. The van der Waals surface area contributed by atoms with Crippen molar-refractivity contribution in [3.8, 4) is 0 Å². The third-order valence-corrected chi connectivity index (χ3v) is 2.46. The molecule has 0 aliphatic rings. The molecule has 1 amide bonds. The highest BCUT2D eigenvalue weighted by Crippen LogP contribution is 2.03. The first-order valence-corrected chi connectivity index (χ1v) is 5.62. The fourth-order valence-electron chi connectivity index (χ4n) is 1.65. The van der Waals surface area contributed by atoms with Crippen molar-refractivity contribution in [2.45, 2.75) is 39.8 Å². The average Bonchev–Trinajstić information content (AvgIpc) is 2.14. The van der Waals surface area contributed by atoms with E-state index in [0.29, 0.717) is 5.56 Å². The third-order valence-electron chi connectivity index (χ3n) is 2.46. The first kappa shape index (κ1) is 16.7. The van der Waals surface area contributed by atoms with Crippen LogP contribution in [0, 0.1) is 13.8 Å². The van der Waals surface area contributed by atoms with Crippen molar-refractivity contribution in [3.63, 3.8) is 0 Å². The maximum atomic E-state index is 11.7. The van der Waals surface area contributed by atoms with Gasteiger partial charge in [0.2, 0.25) is 5.91 Å². The highest BCUT2D eigenvalue weighted by Gasteiger charge is 2.08. The van der Waals surface area contributed by atoms with E-state index in [2.05, 4.69) is 10.3 Å². The van der Waals surface area contributed by atoms with E-state index >= 15 is 0 Å². The van der Waals surface area contributed by atoms with Gasteiger partial charge in [0.25, 0.3) is 5.56 Å². The van der Waals surface area contributed by atoms with Crippen molar-refractivity contribution < 1.29 is 4.79 Å². The molecule has 1 aromatic rings. The molecule has 1 aromatic heterocycles. The Labute approximate surface area is 113 Å². The largest absolute Gasteiger partial charge is 0.352 e. The summed E-state index contributed by atoms with van der Waals surface area (Å²) in [6, 6.07) is 1.71. The van der Waals surface area contributed by atoms with Gasteiger partial charge in [0.15, 0.2) is 0 Å². The zero-order valence-electron chi connectivity index (χ0n) is 10.9. The molecule has 0 spiro atoms. The van der Waals surface area contributed by atoms with Crippen molar-refractivity contribution >= 4 is 18.3 Å². The SMILES string of the molecule is Cc1cc(C)c(CNC(=O)CC(C)N)c(=O)[nH]1.Cl. The number of amides is 1. The Balaban J connectivity index is 0.00000289. The monoisotopic (exact) mass is 273 g/mol. The van der Waals surface area contributed by atoms with Crippen LogP contribution in [-0.2, 0) is 11.3 Å². The van der Waals surface area contributed by atoms with Crippen LogP contribution in [0.4, 0.5) is 0 Å². The highest BCUT2D eigenvalue weighted by molar-refractivity contribution is 5.85. The quantitative estimate of drug-likeness (QED) is 0.757. The number of nitrogens with two attached hydrogens (primary N) is 1. The number of nitrogens with one attached hydrogen (secondary N) is 2. The van der Waals surface area contributed by atoms with Gasteiger partial charge in [-0.15, -0.1) is 12.4 Å². The van der Waals surface area contributed by atoms with E-state index in [1.807, 2.05) is 19.9 Å². The molecule has 1 heterocycles. The Morgan fingerprint density at radius 3 is 2.61 bits per heavy atom. The average molecular weight is 274 g/mol. The second-order valence-electron chi connectivity index (χ2n) is 4.40. The van der Waals surface area contributed by atoms with Gasteiger partial charge in [0, 0.05) is 30.3 Å². The summed E-state index contributed by atoms with van der Waals surface area (Å²) in [5, 5.41) is 2.69. The molecule has 0 saturated carbocycles. The summed E-state index contributed by atoms with van der Waals surface area (Å²) >= 11 is 0. The van der Waals surface area contributed by atoms with Gasteiger partial charge >= 0.3 is 0 Å². The van der Waals surface area contributed by atoms with Gasteiger partial charge in [-0.3, -0.25) is 9.59 Å². The summed E-state index contributed by atoms with van der Waals surface area (Å²) in [6.07, 6.45) is 0.267. The molecule has 0 bridgehead atoms. The van der Waals surface area contributed by atoms with Gasteiger partial charge in [-0.05, 0) is 32.4 Å². The molecule has 0 aromatic carbocycles. The van der Waals surface area contributed by atoms with Gasteiger partial charge in [-0.1, -0.05) is 0 Å². The maximum Gasteiger partial charge on any atom is 0.253 e. The van der Waals surface area contributed by atoms with Crippen LogP contribution in [0.25, 0.3) is 0 Å². The molecule has 1 rings (SSSR count). The lowest BCUT2D eigenvalue weighted by Crippen LogP contribution is -2.31. The van der Waals surface area contributed by atoms with E-state index in [9.17, 15) is 9.59 Å². The molecule has 5 nitrogen and oxygen atoms in total. The molecule has 1 unspecified atom stereocenters. The number of H-pyrrole nitrogens is 1. The molecule has 0 aliphatic heterocycles. The van der Waals surface area contributed by atoms with Crippen LogP contribution in [-0.4, -0.2) is 16.9 Å². The number of aromatic nitrogens is 1. The minimum atomic E-state index is -0.174. The lowest BCUT2D eigenvalue weighted by atomic mass is 10.1. The molecule has 6 heteroatoms. The zero-order valence-corrected chi connectivity index (χ0v) is 11.7. The number of halogens is 1. The Bertz CT molecular complexity index is 469. The molecular formula is C12H20ClN3O2. The van der Waals surface area contributed by atoms with Crippen LogP contribution in [0.3, 0.4) is 0 Å². The normalized spacial score (nSPS) is 11.6. The van der Waals surface area contributed by atoms with Crippen LogP contribution in [0.2, 0.25) is 0 Å². The first-order valence-electron chi connectivity index (χ1n) is 5.62. The number of aryl methyl sites for hydroxylation is 2. The molecule has 0 saturated heterocycles. The Kier molecular flexibility index (Phi) is 6.65. The number of carbonyl (C=O) groups is 1. The third kappa shape index (κ3) is 4.89. The van der Waals surface area contributed by atoms with Gasteiger partial charge in [-0.2, -0.15) is 0 Å².